The summed E-state index contributed by atoms with van der Waals surface area (Å²) >= 11 is 0. The van der Waals surface area contributed by atoms with Gasteiger partial charge in [0.2, 0.25) is 0 Å². The predicted molar refractivity (Wildman–Crippen MR) is 22.8 cm³/mol. The maximum atomic E-state index is 6.84. The number of hydrogen-bond donors (Lipinski definition) is 1. The molecular weight excluding hydrogens is 78.0 g/mol. The Hall–Kier alpha value is -0.790. The molecule has 0 saturated carbocycles. The van der Waals surface area contributed by atoms with E-state index in [1.165, 1.54) is 6.26 Å². The molecule has 0 fully saturated rings. The highest BCUT2D eigenvalue weighted by atomic mass is 16.5. The second-order valence-electron chi connectivity index (χ2n) is 1.14. The Morgan fingerprint density at radius 1 is 1.83 bits per heavy atom. The zero-order valence-corrected chi connectivity index (χ0v) is 3.27. The zero-order valence-electron chi connectivity index (χ0n) is 3.27. The maximum Gasteiger partial charge on any atom is 0.129 e. The van der Waals surface area contributed by atoms with E-state index in [-0.39, 0.29) is 0 Å². The molecular formula is C4H5NO. The van der Waals surface area contributed by atoms with Gasteiger partial charge in [0.05, 0.1) is 12.0 Å². The van der Waals surface area contributed by atoms with Gasteiger partial charge < -0.3 is 10.1 Å². The quantitative estimate of drug-likeness (QED) is 0.455. The maximum absolute atomic E-state index is 6.84. The first-order valence-electron chi connectivity index (χ1n) is 1.75. The van der Waals surface area contributed by atoms with Crippen molar-refractivity contribution in [1.82, 2.24) is 0 Å². The summed E-state index contributed by atoms with van der Waals surface area (Å²) in [6.45, 7) is 0.458. The number of ether oxygens (including phenoxy) is 1. The molecule has 1 N–H and O–H groups in total. The molecule has 0 aromatic carbocycles. The SMILES string of the molecule is N=C1C=COC1. The lowest BCUT2D eigenvalue weighted by atomic mass is 10.4. The molecule has 1 aliphatic heterocycles. The molecule has 2 heteroatoms. The van der Waals surface area contributed by atoms with Crippen molar-refractivity contribution < 1.29 is 4.74 Å². The molecule has 0 spiro atoms. The van der Waals surface area contributed by atoms with Crippen molar-refractivity contribution in [3.05, 3.63) is 12.3 Å². The first-order valence-corrected chi connectivity index (χ1v) is 1.75. The molecule has 1 rings (SSSR count). The van der Waals surface area contributed by atoms with Gasteiger partial charge in [-0.05, 0) is 6.08 Å². The van der Waals surface area contributed by atoms with Crippen molar-refractivity contribution in [3.63, 3.8) is 0 Å². The van der Waals surface area contributed by atoms with Gasteiger partial charge in [-0.3, -0.25) is 0 Å². The fourth-order valence-corrected chi connectivity index (χ4v) is 0.316. The Morgan fingerprint density at radius 2 is 2.67 bits per heavy atom. The molecule has 0 amide bonds. The van der Waals surface area contributed by atoms with Crippen LogP contribution in [0.1, 0.15) is 0 Å². The zero-order chi connectivity index (χ0) is 4.41. The van der Waals surface area contributed by atoms with Crippen molar-refractivity contribution in [1.29, 1.82) is 5.41 Å². The minimum absolute atomic E-state index is 0.458. The summed E-state index contributed by atoms with van der Waals surface area (Å²) in [4.78, 5) is 0. The lowest BCUT2D eigenvalue weighted by Gasteiger charge is -1.81. The van der Waals surface area contributed by atoms with E-state index in [4.69, 9.17) is 5.41 Å². The summed E-state index contributed by atoms with van der Waals surface area (Å²) in [5.74, 6) is 0. The van der Waals surface area contributed by atoms with Gasteiger partial charge in [0.15, 0.2) is 0 Å². The summed E-state index contributed by atoms with van der Waals surface area (Å²) < 4.78 is 4.65. The summed E-state index contributed by atoms with van der Waals surface area (Å²) in [6, 6.07) is 0. The Balaban J connectivity index is 2.59. The van der Waals surface area contributed by atoms with Crippen LogP contribution < -0.4 is 0 Å². The molecule has 0 unspecified atom stereocenters. The lowest BCUT2D eigenvalue weighted by Crippen LogP contribution is -1.90. The molecule has 2 nitrogen and oxygen atoms in total. The first kappa shape index (κ1) is 3.40. The molecule has 32 valence electrons. The highest BCUT2D eigenvalue weighted by molar-refractivity contribution is 5.94. The fourth-order valence-electron chi connectivity index (χ4n) is 0.316. The fraction of sp³-hybridized carbons (Fsp3) is 0.250. The third kappa shape index (κ3) is 0.407. The van der Waals surface area contributed by atoms with Crippen LogP contribution in [0.5, 0.6) is 0 Å². The van der Waals surface area contributed by atoms with Gasteiger partial charge >= 0.3 is 0 Å². The molecule has 0 atom stereocenters. The number of nitrogens with one attached hydrogen (secondary N) is 1. The Morgan fingerprint density at radius 3 is 2.83 bits per heavy atom. The van der Waals surface area contributed by atoms with Gasteiger partial charge in [0, 0.05) is 0 Å². The number of rotatable bonds is 0. The average molecular weight is 83.1 g/mol. The molecule has 0 radical (unpaired) electrons. The van der Waals surface area contributed by atoms with E-state index in [2.05, 4.69) is 4.74 Å². The second-order valence-corrected chi connectivity index (χ2v) is 1.14. The van der Waals surface area contributed by atoms with Crippen LogP contribution in [-0.4, -0.2) is 12.3 Å². The third-order valence-corrected chi connectivity index (χ3v) is 0.604. The lowest BCUT2D eigenvalue weighted by molar-refractivity contribution is 0.315. The molecule has 0 saturated heterocycles. The molecule has 0 aliphatic carbocycles. The van der Waals surface area contributed by atoms with E-state index in [1.54, 1.807) is 6.08 Å². The highest BCUT2D eigenvalue weighted by Gasteiger charge is 1.94. The molecule has 0 bridgehead atoms. The van der Waals surface area contributed by atoms with Gasteiger partial charge in [-0.15, -0.1) is 0 Å². The predicted octanol–water partition coefficient (Wildman–Crippen LogP) is 0.550. The molecule has 0 aromatic rings. The normalized spacial score (nSPS) is 18.3. The summed E-state index contributed by atoms with van der Waals surface area (Å²) in [5, 5.41) is 6.84. The summed E-state index contributed by atoms with van der Waals surface area (Å²) in [5.41, 5.74) is 0.551. The second kappa shape index (κ2) is 1.12. The Labute approximate surface area is 35.9 Å². The monoisotopic (exact) mass is 83.0 g/mol. The number of hydrogen-bond acceptors (Lipinski definition) is 2. The van der Waals surface area contributed by atoms with E-state index in [9.17, 15) is 0 Å². The van der Waals surface area contributed by atoms with Gasteiger partial charge in [-0.2, -0.15) is 0 Å². The first-order chi connectivity index (χ1) is 2.89. The van der Waals surface area contributed by atoms with Gasteiger partial charge in [0.1, 0.15) is 6.61 Å². The van der Waals surface area contributed by atoms with E-state index in [1.807, 2.05) is 0 Å². The van der Waals surface area contributed by atoms with Crippen LogP contribution in [0.25, 0.3) is 0 Å². The van der Waals surface area contributed by atoms with Gasteiger partial charge in [-0.1, -0.05) is 0 Å². The van der Waals surface area contributed by atoms with Gasteiger partial charge in [-0.25, -0.2) is 0 Å². The van der Waals surface area contributed by atoms with Crippen LogP contribution in [-0.2, 0) is 4.74 Å². The summed E-state index contributed by atoms with van der Waals surface area (Å²) in [6.07, 6.45) is 3.17. The minimum Gasteiger partial charge on any atom is -0.495 e. The van der Waals surface area contributed by atoms with E-state index < -0.39 is 0 Å². The standard InChI is InChI=1S/C4H5NO/c5-4-1-2-6-3-4/h1-2,5H,3H2. The van der Waals surface area contributed by atoms with Crippen LogP contribution in [0.3, 0.4) is 0 Å². The van der Waals surface area contributed by atoms with Crippen molar-refractivity contribution in [2.45, 2.75) is 0 Å². The van der Waals surface area contributed by atoms with Crippen molar-refractivity contribution in [2.24, 2.45) is 0 Å². The van der Waals surface area contributed by atoms with Crippen molar-refractivity contribution in [3.8, 4) is 0 Å². The molecule has 1 heterocycles. The van der Waals surface area contributed by atoms with Crippen LogP contribution in [0.15, 0.2) is 12.3 Å². The molecule has 1 aliphatic rings. The largest absolute Gasteiger partial charge is 0.495 e. The molecule has 0 aromatic heterocycles. The van der Waals surface area contributed by atoms with E-state index in [0.29, 0.717) is 12.3 Å². The van der Waals surface area contributed by atoms with Crippen LogP contribution >= 0.6 is 0 Å². The Bertz CT molecular complexity index is 95.7. The smallest absolute Gasteiger partial charge is 0.129 e. The minimum atomic E-state index is 0.458. The highest BCUT2D eigenvalue weighted by Crippen LogP contribution is 1.89. The van der Waals surface area contributed by atoms with Gasteiger partial charge in [0.25, 0.3) is 0 Å². The van der Waals surface area contributed by atoms with Crippen molar-refractivity contribution >= 4 is 5.71 Å². The summed E-state index contributed by atoms with van der Waals surface area (Å²) in [7, 11) is 0. The Kier molecular flexibility index (Phi) is 0.638. The van der Waals surface area contributed by atoms with Crippen LogP contribution in [0, 0.1) is 5.41 Å². The third-order valence-electron chi connectivity index (χ3n) is 0.604. The van der Waals surface area contributed by atoms with Crippen LogP contribution in [0.2, 0.25) is 0 Å². The van der Waals surface area contributed by atoms with Crippen LogP contribution in [0.4, 0.5) is 0 Å². The van der Waals surface area contributed by atoms with E-state index in [0.717, 1.165) is 0 Å². The topological polar surface area (TPSA) is 33.1 Å². The molecule has 6 heavy (non-hydrogen) atoms. The van der Waals surface area contributed by atoms with E-state index >= 15 is 0 Å². The van der Waals surface area contributed by atoms with Crippen molar-refractivity contribution in [2.75, 3.05) is 6.61 Å². The average Bonchev–Trinajstić information content (AvgIpc) is 1.86.